The summed E-state index contributed by atoms with van der Waals surface area (Å²) in [5.41, 5.74) is 0.447. The van der Waals surface area contributed by atoms with Crippen LogP contribution in [0.3, 0.4) is 0 Å². The fourth-order valence-corrected chi connectivity index (χ4v) is 1.78. The number of hydrogen-bond acceptors (Lipinski definition) is 5. The number of carboxylic acid groups (broad SMARTS) is 1. The zero-order valence-corrected chi connectivity index (χ0v) is 10.5. The summed E-state index contributed by atoms with van der Waals surface area (Å²) >= 11 is 0.629. The van der Waals surface area contributed by atoms with Crippen molar-refractivity contribution in [2.75, 3.05) is 6.54 Å². The van der Waals surface area contributed by atoms with E-state index in [4.69, 9.17) is 0 Å². The van der Waals surface area contributed by atoms with Gasteiger partial charge in [0.05, 0.1) is 12.5 Å². The van der Waals surface area contributed by atoms with Crippen LogP contribution in [-0.2, 0) is 9.59 Å². The van der Waals surface area contributed by atoms with E-state index >= 15 is 0 Å². The van der Waals surface area contributed by atoms with Gasteiger partial charge in [-0.1, -0.05) is 30.0 Å². The number of carbonyl (C=O) groups is 3. The molecule has 0 unspecified atom stereocenters. The Kier molecular flexibility index (Phi) is 5.38. The summed E-state index contributed by atoms with van der Waals surface area (Å²) in [6.45, 7) is 1.15. The van der Waals surface area contributed by atoms with Crippen LogP contribution in [0.1, 0.15) is 17.3 Å². The first-order valence-electron chi connectivity index (χ1n) is 5.24. The lowest BCUT2D eigenvalue weighted by atomic mass is 10.2. The quantitative estimate of drug-likeness (QED) is 0.798. The fraction of sp³-hybridized carbons (Fsp3) is 0.250. The maximum absolute atomic E-state index is 11.6. The van der Waals surface area contributed by atoms with Crippen LogP contribution < -0.4 is 10.4 Å². The second-order valence-corrected chi connectivity index (χ2v) is 4.90. The van der Waals surface area contributed by atoms with Crippen LogP contribution in [0.15, 0.2) is 30.3 Å². The van der Waals surface area contributed by atoms with Crippen LogP contribution in [0, 0.1) is 0 Å². The lowest BCUT2D eigenvalue weighted by Gasteiger charge is -2.11. The highest BCUT2D eigenvalue weighted by Gasteiger charge is 2.12. The zero-order chi connectivity index (χ0) is 13.5. The summed E-state index contributed by atoms with van der Waals surface area (Å²) in [6, 6.07) is 8.44. The highest BCUT2D eigenvalue weighted by molar-refractivity contribution is 8.14. The molecule has 0 aliphatic heterocycles. The molecule has 18 heavy (non-hydrogen) atoms. The average molecular weight is 266 g/mol. The van der Waals surface area contributed by atoms with Gasteiger partial charge in [-0.05, 0) is 19.1 Å². The Morgan fingerprint density at radius 2 is 1.89 bits per heavy atom. The first kappa shape index (κ1) is 14.2. The van der Waals surface area contributed by atoms with Gasteiger partial charge in [-0.2, -0.15) is 0 Å². The van der Waals surface area contributed by atoms with Gasteiger partial charge in [0.25, 0.3) is 5.91 Å². The Balaban J connectivity index is 2.40. The van der Waals surface area contributed by atoms with Crippen molar-refractivity contribution in [1.29, 1.82) is 0 Å². The van der Waals surface area contributed by atoms with Crippen molar-refractivity contribution < 1.29 is 19.5 Å². The van der Waals surface area contributed by atoms with E-state index in [1.807, 2.05) is 0 Å². The monoisotopic (exact) mass is 266 g/mol. The highest BCUT2D eigenvalue weighted by atomic mass is 32.2. The van der Waals surface area contributed by atoms with Crippen LogP contribution in [0.2, 0.25) is 0 Å². The Hall–Kier alpha value is -1.82. The summed E-state index contributed by atoms with van der Waals surface area (Å²) in [6.07, 6.45) is 0. The van der Waals surface area contributed by atoms with Crippen LogP contribution >= 0.6 is 11.8 Å². The molecule has 1 N–H and O–H groups in total. The Morgan fingerprint density at radius 1 is 1.28 bits per heavy atom. The first-order chi connectivity index (χ1) is 8.50. The number of carboxylic acids is 1. The number of thioether (sulfide) groups is 1. The molecule has 1 aromatic carbocycles. The van der Waals surface area contributed by atoms with Crippen LogP contribution in [0.25, 0.3) is 0 Å². The molecule has 1 amide bonds. The minimum absolute atomic E-state index is 0.212. The van der Waals surface area contributed by atoms with Gasteiger partial charge in [-0.3, -0.25) is 9.59 Å². The van der Waals surface area contributed by atoms with E-state index in [0.717, 1.165) is 0 Å². The molecule has 0 radical (unpaired) electrons. The van der Waals surface area contributed by atoms with E-state index in [2.05, 4.69) is 5.32 Å². The molecule has 0 saturated heterocycles. The van der Waals surface area contributed by atoms with Crippen molar-refractivity contribution in [1.82, 2.24) is 5.32 Å². The third-order valence-electron chi connectivity index (χ3n) is 2.07. The van der Waals surface area contributed by atoms with Crippen molar-refractivity contribution in [2.24, 2.45) is 0 Å². The van der Waals surface area contributed by atoms with Crippen molar-refractivity contribution >= 4 is 28.8 Å². The van der Waals surface area contributed by atoms with Gasteiger partial charge in [0.2, 0.25) is 5.12 Å². The molecule has 0 aliphatic carbocycles. The van der Waals surface area contributed by atoms with E-state index in [1.54, 1.807) is 30.3 Å². The number of nitrogens with one attached hydrogen (secondary N) is 1. The molecule has 1 atom stereocenters. The van der Waals surface area contributed by atoms with Crippen LogP contribution in [0.4, 0.5) is 0 Å². The second-order valence-electron chi connectivity index (χ2n) is 3.50. The zero-order valence-electron chi connectivity index (χ0n) is 9.71. The lowest BCUT2D eigenvalue weighted by Crippen LogP contribution is -2.34. The molecule has 0 bridgehead atoms. The topological polar surface area (TPSA) is 86.3 Å². The van der Waals surface area contributed by atoms with Gasteiger partial charge in [0.15, 0.2) is 0 Å². The standard InChI is InChI=1S/C12H13NO4S/c1-8(12(16)17)18-10(14)7-13-11(15)9-5-3-2-4-6-9/h2-6,8H,7H2,1H3,(H,13,15)(H,16,17)/p-1/t8-/m1/s1. The third kappa shape index (κ3) is 4.58. The molecular formula is C12H12NO4S-. The summed E-state index contributed by atoms with van der Waals surface area (Å²) in [4.78, 5) is 33.3. The molecule has 0 spiro atoms. The molecule has 1 rings (SSSR count). The van der Waals surface area contributed by atoms with Gasteiger partial charge in [0.1, 0.15) is 0 Å². The summed E-state index contributed by atoms with van der Waals surface area (Å²) in [7, 11) is 0. The van der Waals surface area contributed by atoms with E-state index in [-0.39, 0.29) is 12.5 Å². The number of aliphatic carboxylic acids is 1. The van der Waals surface area contributed by atoms with Crippen molar-refractivity contribution in [3.8, 4) is 0 Å². The van der Waals surface area contributed by atoms with Crippen molar-refractivity contribution in [3.05, 3.63) is 35.9 Å². The molecular weight excluding hydrogens is 254 g/mol. The van der Waals surface area contributed by atoms with Crippen LogP contribution in [-0.4, -0.2) is 28.8 Å². The molecule has 0 fully saturated rings. The van der Waals surface area contributed by atoms with Gasteiger partial charge >= 0.3 is 0 Å². The Bertz CT molecular complexity index is 447. The van der Waals surface area contributed by atoms with E-state index < -0.39 is 16.3 Å². The minimum atomic E-state index is -1.30. The number of hydrogen-bond donors (Lipinski definition) is 1. The van der Waals surface area contributed by atoms with E-state index in [0.29, 0.717) is 17.3 Å². The second kappa shape index (κ2) is 6.80. The maximum atomic E-state index is 11.6. The molecule has 6 heteroatoms. The fourth-order valence-electron chi connectivity index (χ4n) is 1.13. The SMILES string of the molecule is C[C@@H](SC(=O)CNC(=O)c1ccccc1)C(=O)[O-]. The van der Waals surface area contributed by atoms with E-state index in [9.17, 15) is 19.5 Å². The molecule has 0 aliphatic rings. The molecule has 0 saturated carbocycles. The van der Waals surface area contributed by atoms with Crippen molar-refractivity contribution in [2.45, 2.75) is 12.2 Å². The largest absolute Gasteiger partial charge is 0.549 e. The van der Waals surface area contributed by atoms with Gasteiger partial charge in [-0.15, -0.1) is 0 Å². The van der Waals surface area contributed by atoms with Crippen LogP contribution in [0.5, 0.6) is 0 Å². The number of carbonyl (C=O) groups excluding carboxylic acids is 3. The normalized spacial score (nSPS) is 11.6. The third-order valence-corrected chi connectivity index (χ3v) is 3.02. The highest BCUT2D eigenvalue weighted by Crippen LogP contribution is 2.10. The summed E-state index contributed by atoms with van der Waals surface area (Å²) in [5, 5.41) is 11.5. The Morgan fingerprint density at radius 3 is 2.44 bits per heavy atom. The first-order valence-corrected chi connectivity index (χ1v) is 6.12. The smallest absolute Gasteiger partial charge is 0.251 e. The number of amides is 1. The number of benzene rings is 1. The van der Waals surface area contributed by atoms with Gasteiger partial charge < -0.3 is 15.2 Å². The Labute approximate surface area is 109 Å². The lowest BCUT2D eigenvalue weighted by molar-refractivity contribution is -0.304. The molecule has 0 heterocycles. The predicted octanol–water partition coefficient (Wildman–Crippen LogP) is -0.185. The minimum Gasteiger partial charge on any atom is -0.549 e. The molecule has 0 aromatic heterocycles. The summed E-state index contributed by atoms with van der Waals surface area (Å²) < 4.78 is 0. The van der Waals surface area contributed by atoms with Gasteiger partial charge in [0, 0.05) is 10.8 Å². The van der Waals surface area contributed by atoms with E-state index in [1.165, 1.54) is 6.92 Å². The number of rotatable bonds is 5. The maximum Gasteiger partial charge on any atom is 0.251 e. The average Bonchev–Trinajstić information content (AvgIpc) is 2.36. The molecule has 1 aromatic rings. The van der Waals surface area contributed by atoms with Crippen molar-refractivity contribution in [3.63, 3.8) is 0 Å². The van der Waals surface area contributed by atoms with Gasteiger partial charge in [-0.25, -0.2) is 0 Å². The molecule has 96 valence electrons. The summed E-state index contributed by atoms with van der Waals surface area (Å²) in [5.74, 6) is -1.67. The predicted molar refractivity (Wildman–Crippen MR) is 65.8 cm³/mol. The molecule has 5 nitrogen and oxygen atoms in total.